The summed E-state index contributed by atoms with van der Waals surface area (Å²) in [5, 5.41) is 20.6. The van der Waals surface area contributed by atoms with Gasteiger partial charge in [0.1, 0.15) is 6.10 Å². The van der Waals surface area contributed by atoms with E-state index in [1.165, 1.54) is 0 Å². The number of carbonyl (C=O) groups is 2. The molecule has 0 aromatic carbocycles. The second-order valence-corrected chi connectivity index (χ2v) is 7.32. The van der Waals surface area contributed by atoms with E-state index in [9.17, 15) is 24.4 Å². The van der Waals surface area contributed by atoms with Gasteiger partial charge in [-0.2, -0.15) is 0 Å². The van der Waals surface area contributed by atoms with Crippen LogP contribution in [0.25, 0.3) is 0 Å². The molecule has 4 atom stereocenters. The molecule has 1 rings (SSSR count). The molecule has 0 aliphatic heterocycles. The number of methoxy groups -OCH3 is 1. The van der Waals surface area contributed by atoms with Gasteiger partial charge in [0.25, 0.3) is 0 Å². The number of phosphoric ester groups is 1. The first kappa shape index (κ1) is 21.0. The fourth-order valence-corrected chi connectivity index (χ4v) is 3.39. The Morgan fingerprint density at radius 1 is 1.21 bits per heavy atom. The summed E-state index contributed by atoms with van der Waals surface area (Å²) in [6.07, 6.45) is -3.01. The highest BCUT2D eigenvalue weighted by Crippen LogP contribution is 2.49. The molecule has 1 saturated carbocycles. The van der Waals surface area contributed by atoms with E-state index in [1.54, 1.807) is 0 Å². The molecule has 1 aliphatic rings. The van der Waals surface area contributed by atoms with Crippen LogP contribution in [-0.4, -0.2) is 67.9 Å². The zero-order chi connectivity index (χ0) is 18.5. The van der Waals surface area contributed by atoms with E-state index in [1.807, 2.05) is 0 Å². The highest BCUT2D eigenvalue weighted by atomic mass is 31.2. The maximum absolute atomic E-state index is 12.0. The summed E-state index contributed by atoms with van der Waals surface area (Å²) in [7, 11) is -0.484. The summed E-state index contributed by atoms with van der Waals surface area (Å²) in [6, 6.07) is 0. The number of ether oxygens (including phenoxy) is 2. The van der Waals surface area contributed by atoms with Crippen LogP contribution in [0, 0.1) is 5.92 Å². The molecule has 0 aromatic rings. The van der Waals surface area contributed by atoms with Gasteiger partial charge in [-0.25, -0.2) is 9.36 Å². The molecular formula is C13H23O10P. The molecule has 2 N–H and O–H groups in total. The number of carbonyl (C=O) groups excluding carboxylic acids is 2. The Hall–Kier alpha value is -1.03. The molecule has 0 unspecified atom stereocenters. The first-order valence-electron chi connectivity index (χ1n) is 7.13. The van der Waals surface area contributed by atoms with Crippen molar-refractivity contribution >= 4 is 19.8 Å². The van der Waals surface area contributed by atoms with Gasteiger partial charge in [-0.05, 0) is 6.42 Å². The fourth-order valence-electron chi connectivity index (χ4n) is 2.65. The lowest BCUT2D eigenvalue weighted by molar-refractivity contribution is -0.192. The standard InChI is InChI=1S/C13H23O10P/c1-8(14)23-11-9(7-22-24(18,20-3)21-4)5-13(17,6-10(11)15)12(16)19-2/h9-11,15,17H,5-7H2,1-4H3/t9-,10+,11+,13-/m0/s1. The van der Waals surface area contributed by atoms with Gasteiger partial charge >= 0.3 is 19.8 Å². The predicted octanol–water partition coefficient (Wildman–Crippen LogP) is 0.0106. The molecule has 0 spiro atoms. The summed E-state index contributed by atoms with van der Waals surface area (Å²) in [4.78, 5) is 23.0. The van der Waals surface area contributed by atoms with E-state index >= 15 is 0 Å². The van der Waals surface area contributed by atoms with Gasteiger partial charge in [0.05, 0.1) is 19.8 Å². The van der Waals surface area contributed by atoms with Crippen LogP contribution in [0.2, 0.25) is 0 Å². The zero-order valence-electron chi connectivity index (χ0n) is 14.0. The minimum atomic E-state index is -3.82. The second-order valence-electron chi connectivity index (χ2n) is 5.44. The SMILES string of the molecule is COC(=O)[C@]1(O)C[C@@H](COP(=O)(OC)OC)[C@@H](OC(C)=O)[C@H](O)C1. The molecule has 24 heavy (non-hydrogen) atoms. The first-order valence-corrected chi connectivity index (χ1v) is 8.59. The van der Waals surface area contributed by atoms with E-state index in [4.69, 9.17) is 9.26 Å². The molecule has 140 valence electrons. The van der Waals surface area contributed by atoms with Gasteiger partial charge in [-0.1, -0.05) is 0 Å². The average molecular weight is 370 g/mol. The Balaban J connectivity index is 2.99. The first-order chi connectivity index (χ1) is 11.1. The Kier molecular flexibility index (Phi) is 7.33. The van der Waals surface area contributed by atoms with Crippen LogP contribution in [0.5, 0.6) is 0 Å². The monoisotopic (exact) mass is 370 g/mol. The van der Waals surface area contributed by atoms with Gasteiger partial charge in [-0.15, -0.1) is 0 Å². The lowest BCUT2D eigenvalue weighted by Crippen LogP contribution is -2.56. The lowest BCUT2D eigenvalue weighted by Gasteiger charge is -2.41. The van der Waals surface area contributed by atoms with E-state index in [2.05, 4.69) is 13.8 Å². The zero-order valence-corrected chi connectivity index (χ0v) is 14.9. The number of hydrogen-bond donors (Lipinski definition) is 2. The van der Waals surface area contributed by atoms with Gasteiger partial charge in [0, 0.05) is 33.5 Å². The maximum atomic E-state index is 12.0. The molecule has 10 nitrogen and oxygen atoms in total. The third-order valence-corrected chi connectivity index (χ3v) is 5.11. The van der Waals surface area contributed by atoms with Gasteiger partial charge in [-0.3, -0.25) is 18.4 Å². The van der Waals surface area contributed by atoms with Crippen molar-refractivity contribution in [2.75, 3.05) is 27.9 Å². The third-order valence-electron chi connectivity index (χ3n) is 3.75. The van der Waals surface area contributed by atoms with E-state index in [0.29, 0.717) is 0 Å². The molecule has 0 amide bonds. The van der Waals surface area contributed by atoms with Crippen LogP contribution < -0.4 is 0 Å². The molecular weight excluding hydrogens is 347 g/mol. The number of aliphatic hydroxyl groups is 2. The van der Waals surface area contributed by atoms with Crippen molar-refractivity contribution in [1.82, 2.24) is 0 Å². The van der Waals surface area contributed by atoms with Crippen molar-refractivity contribution in [3.05, 3.63) is 0 Å². The Morgan fingerprint density at radius 3 is 2.25 bits per heavy atom. The largest absolute Gasteiger partial charge is 0.474 e. The fraction of sp³-hybridized carbons (Fsp3) is 0.846. The second kappa shape index (κ2) is 8.37. The summed E-state index contributed by atoms with van der Waals surface area (Å²) >= 11 is 0. The van der Waals surface area contributed by atoms with Crippen molar-refractivity contribution in [2.24, 2.45) is 5.92 Å². The third kappa shape index (κ3) is 4.98. The summed E-state index contributed by atoms with van der Waals surface area (Å²) in [5.41, 5.74) is -1.98. The van der Waals surface area contributed by atoms with Crippen LogP contribution in [0.1, 0.15) is 19.8 Å². The van der Waals surface area contributed by atoms with Crippen molar-refractivity contribution in [3.63, 3.8) is 0 Å². The van der Waals surface area contributed by atoms with Crippen LogP contribution >= 0.6 is 7.82 Å². The molecule has 11 heteroatoms. The highest BCUT2D eigenvalue weighted by Gasteiger charge is 2.51. The summed E-state index contributed by atoms with van der Waals surface area (Å²) < 4.78 is 35.9. The van der Waals surface area contributed by atoms with Gasteiger partial charge in [0.2, 0.25) is 0 Å². The van der Waals surface area contributed by atoms with Crippen molar-refractivity contribution in [2.45, 2.75) is 37.6 Å². The lowest BCUT2D eigenvalue weighted by atomic mass is 9.75. The molecule has 0 radical (unpaired) electrons. The van der Waals surface area contributed by atoms with Gasteiger partial charge in [0.15, 0.2) is 5.60 Å². The summed E-state index contributed by atoms with van der Waals surface area (Å²) in [5.74, 6) is -2.44. The smallest absolute Gasteiger partial charge is 0.467 e. The van der Waals surface area contributed by atoms with Crippen molar-refractivity contribution in [1.29, 1.82) is 0 Å². The van der Waals surface area contributed by atoms with E-state index in [-0.39, 0.29) is 19.4 Å². The van der Waals surface area contributed by atoms with Gasteiger partial charge < -0.3 is 19.7 Å². The van der Waals surface area contributed by atoms with E-state index < -0.39 is 43.5 Å². The predicted molar refractivity (Wildman–Crippen MR) is 78.8 cm³/mol. The number of hydrogen-bond acceptors (Lipinski definition) is 10. The number of rotatable bonds is 7. The molecule has 0 saturated heterocycles. The number of aliphatic hydroxyl groups excluding tert-OH is 1. The Morgan fingerprint density at radius 2 is 1.79 bits per heavy atom. The molecule has 0 bridgehead atoms. The number of esters is 2. The topological polar surface area (TPSA) is 138 Å². The Bertz CT molecular complexity index is 501. The number of phosphoric acid groups is 1. The molecule has 0 heterocycles. The van der Waals surface area contributed by atoms with Crippen LogP contribution in [0.4, 0.5) is 0 Å². The quantitative estimate of drug-likeness (QED) is 0.465. The van der Waals surface area contributed by atoms with Crippen molar-refractivity contribution in [3.8, 4) is 0 Å². The maximum Gasteiger partial charge on any atom is 0.474 e. The summed E-state index contributed by atoms with van der Waals surface area (Å²) in [6.45, 7) is 0.800. The van der Waals surface area contributed by atoms with Crippen molar-refractivity contribution < 1.29 is 47.4 Å². The van der Waals surface area contributed by atoms with Crippen LogP contribution in [0.3, 0.4) is 0 Å². The molecule has 1 fully saturated rings. The normalized spacial score (nSPS) is 30.7. The minimum Gasteiger partial charge on any atom is -0.467 e. The molecule has 0 aromatic heterocycles. The van der Waals surface area contributed by atoms with Crippen LogP contribution in [-0.2, 0) is 37.2 Å². The molecule has 1 aliphatic carbocycles. The Labute approximate surface area is 139 Å². The minimum absolute atomic E-state index is 0.234. The van der Waals surface area contributed by atoms with E-state index in [0.717, 1.165) is 28.3 Å². The van der Waals surface area contributed by atoms with Crippen LogP contribution in [0.15, 0.2) is 0 Å². The average Bonchev–Trinajstić information content (AvgIpc) is 2.54. The highest BCUT2D eigenvalue weighted by molar-refractivity contribution is 7.48.